The van der Waals surface area contributed by atoms with Crippen LogP contribution >= 0.6 is 11.6 Å². The van der Waals surface area contributed by atoms with Gasteiger partial charge < -0.3 is 4.42 Å². The zero-order valence-electron chi connectivity index (χ0n) is 8.22. The topological polar surface area (TPSA) is 38.9 Å². The van der Waals surface area contributed by atoms with Crippen LogP contribution in [0.5, 0.6) is 0 Å². The van der Waals surface area contributed by atoms with E-state index in [-0.39, 0.29) is 0 Å². The number of hydrogen-bond donors (Lipinski definition) is 0. The van der Waals surface area contributed by atoms with Crippen LogP contribution in [0.3, 0.4) is 0 Å². The fourth-order valence-electron chi connectivity index (χ4n) is 1.58. The van der Waals surface area contributed by atoms with Crippen molar-refractivity contribution in [3.05, 3.63) is 47.9 Å². The third kappa shape index (κ3) is 1.46. The molecule has 16 heavy (non-hydrogen) atoms. The maximum Gasteiger partial charge on any atom is 0.158 e. The Morgan fingerprint density at radius 2 is 1.88 bits per heavy atom. The van der Waals surface area contributed by atoms with Gasteiger partial charge in [0.05, 0.1) is 0 Å². The summed E-state index contributed by atoms with van der Waals surface area (Å²) >= 11 is 5.95. The molecule has 3 nitrogen and oxygen atoms in total. The average molecular weight is 231 g/mol. The normalized spacial score (nSPS) is 10.8. The summed E-state index contributed by atoms with van der Waals surface area (Å²) in [5.41, 5.74) is 1.39. The molecule has 0 atom stereocenters. The van der Waals surface area contributed by atoms with Gasteiger partial charge in [0.15, 0.2) is 10.9 Å². The number of nitrogens with zero attached hydrogens (tertiary/aromatic N) is 2. The third-order valence-corrected chi connectivity index (χ3v) is 2.59. The maximum atomic E-state index is 5.95. The summed E-state index contributed by atoms with van der Waals surface area (Å²) in [6.45, 7) is 0. The Hall–Kier alpha value is -1.87. The van der Waals surface area contributed by atoms with Gasteiger partial charge in [0.1, 0.15) is 11.3 Å². The molecule has 0 aliphatic carbocycles. The van der Waals surface area contributed by atoms with Gasteiger partial charge in [-0.2, -0.15) is 0 Å². The van der Waals surface area contributed by atoms with Gasteiger partial charge in [-0.3, -0.25) is 0 Å². The van der Waals surface area contributed by atoms with E-state index in [0.717, 1.165) is 11.0 Å². The van der Waals surface area contributed by atoms with Crippen molar-refractivity contribution in [3.63, 3.8) is 0 Å². The van der Waals surface area contributed by atoms with E-state index < -0.39 is 0 Å². The van der Waals surface area contributed by atoms with E-state index >= 15 is 0 Å². The number of halogens is 1. The predicted octanol–water partition coefficient (Wildman–Crippen LogP) is 3.54. The zero-order valence-corrected chi connectivity index (χ0v) is 8.98. The number of fused-ring (bicyclic) bond motifs is 1. The maximum absolute atomic E-state index is 5.95. The van der Waals surface area contributed by atoms with E-state index in [1.54, 1.807) is 12.4 Å². The number of benzene rings is 1. The minimum atomic E-state index is 0.349. The lowest BCUT2D eigenvalue weighted by atomic mass is 10.2. The standard InChI is InChI=1S/C12H7ClN2O/c13-12-11(14-5-6-15-12)10-7-8-3-1-2-4-9(8)16-10/h1-7H. The molecule has 2 heterocycles. The molecule has 4 heteroatoms. The second-order valence-corrected chi connectivity index (χ2v) is 3.70. The van der Waals surface area contributed by atoms with Crippen molar-refractivity contribution < 1.29 is 4.42 Å². The lowest BCUT2D eigenvalue weighted by molar-refractivity contribution is 0.628. The second-order valence-electron chi connectivity index (χ2n) is 3.34. The first kappa shape index (κ1) is 9.36. The largest absolute Gasteiger partial charge is 0.454 e. The van der Waals surface area contributed by atoms with E-state index in [1.165, 1.54) is 0 Å². The second kappa shape index (κ2) is 3.61. The van der Waals surface area contributed by atoms with Crippen LogP contribution in [0.1, 0.15) is 0 Å². The van der Waals surface area contributed by atoms with Crippen LogP contribution in [0, 0.1) is 0 Å². The first-order valence-corrected chi connectivity index (χ1v) is 5.18. The summed E-state index contributed by atoms with van der Waals surface area (Å²) < 4.78 is 5.65. The van der Waals surface area contributed by atoms with Gasteiger partial charge in [-0.05, 0) is 12.1 Å². The van der Waals surface area contributed by atoms with Crippen molar-refractivity contribution in [2.75, 3.05) is 0 Å². The molecule has 0 amide bonds. The van der Waals surface area contributed by atoms with Crippen molar-refractivity contribution >= 4 is 22.6 Å². The minimum Gasteiger partial charge on any atom is -0.454 e. The highest BCUT2D eigenvalue weighted by Gasteiger charge is 2.10. The van der Waals surface area contributed by atoms with Crippen LogP contribution in [0.4, 0.5) is 0 Å². The summed E-state index contributed by atoms with van der Waals surface area (Å²) in [4.78, 5) is 8.12. The summed E-state index contributed by atoms with van der Waals surface area (Å²) in [7, 11) is 0. The number of rotatable bonds is 1. The van der Waals surface area contributed by atoms with Gasteiger partial charge in [-0.15, -0.1) is 0 Å². The van der Waals surface area contributed by atoms with E-state index in [1.807, 2.05) is 30.3 Å². The Balaban J connectivity index is 2.23. The molecule has 0 aliphatic heterocycles. The van der Waals surface area contributed by atoms with Gasteiger partial charge in [0, 0.05) is 17.8 Å². The third-order valence-electron chi connectivity index (χ3n) is 2.31. The molecule has 0 fully saturated rings. The van der Waals surface area contributed by atoms with E-state index in [9.17, 15) is 0 Å². The van der Waals surface area contributed by atoms with Crippen molar-refractivity contribution in [2.24, 2.45) is 0 Å². The molecule has 0 saturated heterocycles. The fourth-order valence-corrected chi connectivity index (χ4v) is 1.78. The quantitative estimate of drug-likeness (QED) is 0.642. The molecule has 0 radical (unpaired) electrons. The molecule has 0 bridgehead atoms. The average Bonchev–Trinajstić information content (AvgIpc) is 2.73. The van der Waals surface area contributed by atoms with Crippen LogP contribution in [0.2, 0.25) is 5.15 Å². The Labute approximate surface area is 96.7 Å². The van der Waals surface area contributed by atoms with Gasteiger partial charge in [-0.25, -0.2) is 9.97 Å². The Bertz CT molecular complexity index is 615. The first-order valence-electron chi connectivity index (χ1n) is 4.80. The SMILES string of the molecule is Clc1nccnc1-c1cc2ccccc2o1. The Kier molecular flexibility index (Phi) is 2.11. The fraction of sp³-hybridized carbons (Fsp3) is 0. The van der Waals surface area contributed by atoms with Crippen molar-refractivity contribution in [2.45, 2.75) is 0 Å². The van der Waals surface area contributed by atoms with Crippen LogP contribution in [-0.2, 0) is 0 Å². The van der Waals surface area contributed by atoms with Gasteiger partial charge in [0.25, 0.3) is 0 Å². The molecule has 0 N–H and O–H groups in total. The van der Waals surface area contributed by atoms with Crippen molar-refractivity contribution in [1.29, 1.82) is 0 Å². The Morgan fingerprint density at radius 3 is 2.69 bits per heavy atom. The van der Waals surface area contributed by atoms with Crippen LogP contribution < -0.4 is 0 Å². The van der Waals surface area contributed by atoms with Gasteiger partial charge in [0.2, 0.25) is 0 Å². The van der Waals surface area contributed by atoms with Gasteiger partial charge >= 0.3 is 0 Å². The van der Waals surface area contributed by atoms with Crippen LogP contribution in [-0.4, -0.2) is 9.97 Å². The molecule has 3 rings (SSSR count). The number of hydrogen-bond acceptors (Lipinski definition) is 3. The molecular formula is C12H7ClN2O. The summed E-state index contributed by atoms with van der Waals surface area (Å²) in [6.07, 6.45) is 3.14. The molecular weight excluding hydrogens is 224 g/mol. The summed E-state index contributed by atoms with van der Waals surface area (Å²) in [6, 6.07) is 9.68. The smallest absolute Gasteiger partial charge is 0.158 e. The van der Waals surface area contributed by atoms with Crippen molar-refractivity contribution in [1.82, 2.24) is 9.97 Å². The lowest BCUT2D eigenvalue weighted by Gasteiger charge is -1.96. The van der Waals surface area contributed by atoms with E-state index in [4.69, 9.17) is 16.0 Å². The monoisotopic (exact) mass is 230 g/mol. The lowest BCUT2D eigenvalue weighted by Crippen LogP contribution is -1.84. The first-order chi connectivity index (χ1) is 7.84. The van der Waals surface area contributed by atoms with Gasteiger partial charge in [-0.1, -0.05) is 29.8 Å². The molecule has 0 aliphatic rings. The summed E-state index contributed by atoms with van der Waals surface area (Å²) in [5, 5.41) is 1.38. The van der Waals surface area contributed by atoms with E-state index in [0.29, 0.717) is 16.6 Å². The Morgan fingerprint density at radius 1 is 1.06 bits per heavy atom. The van der Waals surface area contributed by atoms with Crippen molar-refractivity contribution in [3.8, 4) is 11.5 Å². The molecule has 2 aromatic heterocycles. The molecule has 3 aromatic rings. The zero-order chi connectivity index (χ0) is 11.0. The van der Waals surface area contributed by atoms with E-state index in [2.05, 4.69) is 9.97 Å². The molecule has 0 unspecified atom stereocenters. The summed E-state index contributed by atoms with van der Waals surface area (Å²) in [5.74, 6) is 0.638. The number of para-hydroxylation sites is 1. The molecule has 0 saturated carbocycles. The molecule has 1 aromatic carbocycles. The molecule has 78 valence electrons. The predicted molar refractivity (Wildman–Crippen MR) is 62.3 cm³/mol. The highest BCUT2D eigenvalue weighted by molar-refractivity contribution is 6.31. The number of aromatic nitrogens is 2. The van der Waals surface area contributed by atoms with Crippen LogP contribution in [0.15, 0.2) is 47.1 Å². The highest BCUT2D eigenvalue weighted by Crippen LogP contribution is 2.29. The molecule has 0 spiro atoms. The van der Waals surface area contributed by atoms with Crippen LogP contribution in [0.25, 0.3) is 22.4 Å². The minimum absolute atomic E-state index is 0.349. The number of furan rings is 1. The highest BCUT2D eigenvalue weighted by atomic mass is 35.5.